The van der Waals surface area contributed by atoms with E-state index >= 15 is 0 Å². The summed E-state index contributed by atoms with van der Waals surface area (Å²) in [5, 5.41) is 12.2. The molecule has 120 valence electrons. The van der Waals surface area contributed by atoms with Crippen molar-refractivity contribution in [1.29, 1.82) is 0 Å². The first-order valence-corrected chi connectivity index (χ1v) is 7.85. The van der Waals surface area contributed by atoms with E-state index in [2.05, 4.69) is 24.1 Å². The van der Waals surface area contributed by atoms with Crippen LogP contribution in [0.25, 0.3) is 0 Å². The molecule has 0 radical (unpaired) electrons. The summed E-state index contributed by atoms with van der Waals surface area (Å²) in [4.78, 5) is 2.17. The van der Waals surface area contributed by atoms with Crippen molar-refractivity contribution < 1.29 is 9.50 Å². The zero-order valence-corrected chi connectivity index (χ0v) is 13.5. The number of aliphatic hydroxyl groups is 1. The fourth-order valence-corrected chi connectivity index (χ4v) is 2.32. The van der Waals surface area contributed by atoms with E-state index in [-0.39, 0.29) is 12.4 Å². The molecule has 0 fully saturated rings. The first-order chi connectivity index (χ1) is 10.0. The van der Waals surface area contributed by atoms with Crippen molar-refractivity contribution in [2.75, 3.05) is 31.6 Å². The van der Waals surface area contributed by atoms with Gasteiger partial charge in [-0.3, -0.25) is 0 Å². The predicted molar refractivity (Wildman–Crippen MR) is 87.2 cm³/mol. The molecule has 1 aromatic rings. The molecule has 0 saturated carbocycles. The quantitative estimate of drug-likeness (QED) is 0.651. The summed E-state index contributed by atoms with van der Waals surface area (Å²) in [6.07, 6.45) is 2.90. The predicted octanol–water partition coefficient (Wildman–Crippen LogP) is 3.17. The summed E-state index contributed by atoms with van der Waals surface area (Å²) in [7, 11) is 2.04. The summed E-state index contributed by atoms with van der Waals surface area (Å²) in [6.45, 7) is 7.11. The van der Waals surface area contributed by atoms with E-state index in [1.165, 1.54) is 6.07 Å². The van der Waals surface area contributed by atoms with E-state index in [4.69, 9.17) is 5.11 Å². The highest BCUT2D eigenvalue weighted by molar-refractivity contribution is 5.53. The van der Waals surface area contributed by atoms with Gasteiger partial charge in [-0.25, -0.2) is 4.39 Å². The van der Waals surface area contributed by atoms with Gasteiger partial charge in [-0.15, -0.1) is 0 Å². The minimum atomic E-state index is -0.186. The van der Waals surface area contributed by atoms with Gasteiger partial charge in [0.1, 0.15) is 5.82 Å². The SMILES string of the molecule is CC(C)CNCc1cc(F)ccc1N(C)CCCCCO. The van der Waals surface area contributed by atoms with Crippen LogP contribution in [0.1, 0.15) is 38.7 Å². The maximum absolute atomic E-state index is 13.5. The van der Waals surface area contributed by atoms with Crippen LogP contribution in [0.4, 0.5) is 10.1 Å². The Bertz CT molecular complexity index is 410. The van der Waals surface area contributed by atoms with Crippen LogP contribution in [0.15, 0.2) is 18.2 Å². The Morgan fingerprint density at radius 1 is 1.24 bits per heavy atom. The van der Waals surface area contributed by atoms with Crippen molar-refractivity contribution in [3.63, 3.8) is 0 Å². The van der Waals surface area contributed by atoms with Gasteiger partial charge in [-0.05, 0) is 55.5 Å². The molecule has 0 aliphatic heterocycles. The molecule has 0 amide bonds. The Morgan fingerprint density at radius 3 is 2.67 bits per heavy atom. The maximum atomic E-state index is 13.5. The molecule has 0 atom stereocenters. The number of anilines is 1. The number of halogens is 1. The topological polar surface area (TPSA) is 35.5 Å². The molecule has 21 heavy (non-hydrogen) atoms. The summed E-state index contributed by atoms with van der Waals surface area (Å²) < 4.78 is 13.5. The van der Waals surface area contributed by atoms with E-state index in [0.29, 0.717) is 12.5 Å². The number of hydrogen-bond donors (Lipinski definition) is 2. The lowest BCUT2D eigenvalue weighted by Gasteiger charge is -2.23. The monoisotopic (exact) mass is 296 g/mol. The van der Waals surface area contributed by atoms with Gasteiger partial charge in [0, 0.05) is 32.4 Å². The molecule has 0 saturated heterocycles. The molecule has 2 N–H and O–H groups in total. The number of rotatable bonds is 10. The van der Waals surface area contributed by atoms with E-state index in [1.54, 1.807) is 6.07 Å². The highest BCUT2D eigenvalue weighted by Crippen LogP contribution is 2.21. The Kier molecular flexibility index (Phi) is 8.31. The second kappa shape index (κ2) is 9.74. The lowest BCUT2D eigenvalue weighted by Crippen LogP contribution is -2.24. The second-order valence-corrected chi connectivity index (χ2v) is 6.00. The Morgan fingerprint density at radius 2 is 2.00 bits per heavy atom. The van der Waals surface area contributed by atoms with E-state index in [9.17, 15) is 4.39 Å². The van der Waals surface area contributed by atoms with Gasteiger partial charge in [-0.1, -0.05) is 13.8 Å². The van der Waals surface area contributed by atoms with Crippen LogP contribution in [-0.2, 0) is 6.54 Å². The van der Waals surface area contributed by atoms with Gasteiger partial charge >= 0.3 is 0 Å². The summed E-state index contributed by atoms with van der Waals surface area (Å²) >= 11 is 0. The number of unbranched alkanes of at least 4 members (excludes halogenated alkanes) is 2. The highest BCUT2D eigenvalue weighted by Gasteiger charge is 2.09. The van der Waals surface area contributed by atoms with Crippen LogP contribution >= 0.6 is 0 Å². The average molecular weight is 296 g/mol. The number of nitrogens with zero attached hydrogens (tertiary/aromatic N) is 1. The van der Waals surface area contributed by atoms with Crippen molar-refractivity contribution in [3.05, 3.63) is 29.6 Å². The van der Waals surface area contributed by atoms with Crippen LogP contribution in [0, 0.1) is 11.7 Å². The van der Waals surface area contributed by atoms with Gasteiger partial charge in [0.25, 0.3) is 0 Å². The Labute approximate surface area is 128 Å². The number of benzene rings is 1. The molecule has 0 spiro atoms. The Balaban J connectivity index is 2.62. The van der Waals surface area contributed by atoms with Crippen LogP contribution in [-0.4, -0.2) is 31.9 Å². The van der Waals surface area contributed by atoms with E-state index < -0.39 is 0 Å². The molecule has 0 aromatic heterocycles. The van der Waals surface area contributed by atoms with Crippen LogP contribution < -0.4 is 10.2 Å². The first-order valence-electron chi connectivity index (χ1n) is 7.85. The fourth-order valence-electron chi connectivity index (χ4n) is 2.32. The molecule has 3 nitrogen and oxygen atoms in total. The average Bonchev–Trinajstić information content (AvgIpc) is 2.43. The molecule has 0 aliphatic carbocycles. The number of aliphatic hydroxyl groups excluding tert-OH is 1. The fraction of sp³-hybridized carbons (Fsp3) is 0.647. The lowest BCUT2D eigenvalue weighted by atomic mass is 10.1. The first kappa shape index (κ1) is 17.9. The van der Waals surface area contributed by atoms with Crippen LogP contribution in [0.5, 0.6) is 0 Å². The molecule has 0 bridgehead atoms. The summed E-state index contributed by atoms with van der Waals surface area (Å²) in [5.74, 6) is 0.395. The molecule has 1 rings (SSSR count). The van der Waals surface area contributed by atoms with Crippen LogP contribution in [0.2, 0.25) is 0 Å². The molecule has 4 heteroatoms. The largest absolute Gasteiger partial charge is 0.396 e. The van der Waals surface area contributed by atoms with Gasteiger partial charge in [0.2, 0.25) is 0 Å². The molecule has 0 aliphatic rings. The summed E-state index contributed by atoms with van der Waals surface area (Å²) in [6, 6.07) is 4.99. The highest BCUT2D eigenvalue weighted by atomic mass is 19.1. The van der Waals surface area contributed by atoms with Crippen LogP contribution in [0.3, 0.4) is 0 Å². The smallest absolute Gasteiger partial charge is 0.123 e. The summed E-state index contributed by atoms with van der Waals surface area (Å²) in [5.41, 5.74) is 2.08. The van der Waals surface area contributed by atoms with Gasteiger partial charge in [0.15, 0.2) is 0 Å². The lowest BCUT2D eigenvalue weighted by molar-refractivity contribution is 0.283. The van der Waals surface area contributed by atoms with Gasteiger partial charge in [0.05, 0.1) is 0 Å². The molecule has 0 unspecified atom stereocenters. The zero-order valence-electron chi connectivity index (χ0n) is 13.5. The third kappa shape index (κ3) is 6.91. The zero-order chi connectivity index (χ0) is 15.7. The van der Waals surface area contributed by atoms with E-state index in [1.807, 2.05) is 13.1 Å². The minimum Gasteiger partial charge on any atom is -0.396 e. The number of hydrogen-bond acceptors (Lipinski definition) is 3. The molecule has 1 aromatic carbocycles. The minimum absolute atomic E-state index is 0.186. The van der Waals surface area contributed by atoms with Crippen molar-refractivity contribution in [3.8, 4) is 0 Å². The van der Waals surface area contributed by atoms with Crippen molar-refractivity contribution >= 4 is 5.69 Å². The van der Waals surface area contributed by atoms with E-state index in [0.717, 1.165) is 43.6 Å². The maximum Gasteiger partial charge on any atom is 0.123 e. The van der Waals surface area contributed by atoms with Gasteiger partial charge < -0.3 is 15.3 Å². The van der Waals surface area contributed by atoms with Gasteiger partial charge in [-0.2, -0.15) is 0 Å². The molecule has 0 heterocycles. The molecular weight excluding hydrogens is 267 g/mol. The Hall–Kier alpha value is -1.13. The number of nitrogens with one attached hydrogen (secondary N) is 1. The second-order valence-electron chi connectivity index (χ2n) is 6.00. The molecular formula is C17H29FN2O. The van der Waals surface area contributed by atoms with Crippen molar-refractivity contribution in [2.45, 2.75) is 39.7 Å². The van der Waals surface area contributed by atoms with Crippen molar-refractivity contribution in [2.24, 2.45) is 5.92 Å². The third-order valence-corrected chi connectivity index (χ3v) is 3.47. The standard InChI is InChI=1S/C17H29FN2O/c1-14(2)12-19-13-15-11-16(18)7-8-17(15)20(3)9-5-4-6-10-21/h7-8,11,14,19,21H,4-6,9-10,12-13H2,1-3H3. The normalized spacial score (nSPS) is 11.1. The third-order valence-electron chi connectivity index (χ3n) is 3.47. The van der Waals surface area contributed by atoms with Crippen molar-refractivity contribution in [1.82, 2.24) is 5.32 Å².